The minimum Gasteiger partial charge on any atom is -0.340 e. The lowest BCUT2D eigenvalue weighted by Crippen LogP contribution is -2.49. The smallest absolute Gasteiger partial charge is 0.222 e. The van der Waals surface area contributed by atoms with Crippen LogP contribution in [0.1, 0.15) is 38.3 Å². The van der Waals surface area contributed by atoms with Crippen molar-refractivity contribution >= 4 is 30.7 Å². The van der Waals surface area contributed by atoms with Crippen LogP contribution < -0.4 is 5.73 Å². The lowest BCUT2D eigenvalue weighted by molar-refractivity contribution is -0.133. The van der Waals surface area contributed by atoms with Gasteiger partial charge in [-0.3, -0.25) is 9.69 Å². The van der Waals surface area contributed by atoms with Crippen LogP contribution in [-0.2, 0) is 4.79 Å². The Kier molecular flexibility index (Phi) is 10.5. The average molecular weight is 398 g/mol. The van der Waals surface area contributed by atoms with Gasteiger partial charge in [-0.15, -0.1) is 24.8 Å². The van der Waals surface area contributed by atoms with Crippen LogP contribution in [0.5, 0.6) is 0 Å². The molecule has 2 atom stereocenters. The van der Waals surface area contributed by atoms with Gasteiger partial charge in [-0.1, -0.05) is 6.07 Å². The van der Waals surface area contributed by atoms with Crippen LogP contribution in [-0.4, -0.2) is 47.9 Å². The minimum atomic E-state index is -0.567. The zero-order chi connectivity index (χ0) is 17.0. The van der Waals surface area contributed by atoms with Crippen molar-refractivity contribution in [1.82, 2.24) is 9.80 Å². The number of hydrogen-bond acceptors (Lipinski definition) is 3. The van der Waals surface area contributed by atoms with Gasteiger partial charge in [0.2, 0.25) is 5.91 Å². The van der Waals surface area contributed by atoms with Gasteiger partial charge in [-0.2, -0.15) is 0 Å². The van der Waals surface area contributed by atoms with Crippen molar-refractivity contribution < 1.29 is 13.6 Å². The van der Waals surface area contributed by atoms with Gasteiger partial charge in [-0.05, 0) is 26.3 Å². The van der Waals surface area contributed by atoms with Crippen molar-refractivity contribution in [3.8, 4) is 0 Å². The molecule has 1 aliphatic rings. The molecule has 2 N–H and O–H groups in total. The highest BCUT2D eigenvalue weighted by Gasteiger charge is 2.26. The first-order chi connectivity index (χ1) is 10.9. The summed E-state index contributed by atoms with van der Waals surface area (Å²) in [6, 6.07) is 3.58. The standard InChI is InChI=1S/C17H25F2N3O.2ClH/c1-12(20)3-6-17(23)22-9-7-21(8-10-22)13(2)15-5-4-14(18)11-16(15)19;;/h4-5,11-13H,3,6-10,20H2,1-2H3;2*1H. The zero-order valence-electron chi connectivity index (χ0n) is 14.6. The van der Waals surface area contributed by atoms with Crippen LogP contribution in [0, 0.1) is 11.6 Å². The summed E-state index contributed by atoms with van der Waals surface area (Å²) in [5, 5.41) is 0. The molecule has 1 aromatic carbocycles. The van der Waals surface area contributed by atoms with Gasteiger partial charge in [0, 0.05) is 56.3 Å². The Morgan fingerprint density at radius 2 is 1.76 bits per heavy atom. The number of amides is 1. The molecule has 0 radical (unpaired) electrons. The molecule has 0 spiro atoms. The third-order valence-corrected chi connectivity index (χ3v) is 4.44. The second-order valence-electron chi connectivity index (χ2n) is 6.27. The third-order valence-electron chi connectivity index (χ3n) is 4.44. The number of carbonyl (C=O) groups is 1. The SMILES string of the molecule is CC(N)CCC(=O)N1CCN(C(C)c2ccc(F)cc2F)CC1.Cl.Cl. The van der Waals surface area contributed by atoms with E-state index >= 15 is 0 Å². The van der Waals surface area contributed by atoms with E-state index in [-0.39, 0.29) is 42.8 Å². The van der Waals surface area contributed by atoms with E-state index in [0.29, 0.717) is 44.6 Å². The largest absolute Gasteiger partial charge is 0.340 e. The second-order valence-corrected chi connectivity index (χ2v) is 6.27. The topological polar surface area (TPSA) is 49.6 Å². The summed E-state index contributed by atoms with van der Waals surface area (Å²) >= 11 is 0. The predicted molar refractivity (Wildman–Crippen MR) is 100 cm³/mol. The van der Waals surface area contributed by atoms with Gasteiger partial charge in [0.1, 0.15) is 11.6 Å². The van der Waals surface area contributed by atoms with Crippen LogP contribution >= 0.6 is 24.8 Å². The Morgan fingerprint density at radius 1 is 1.16 bits per heavy atom. The fourth-order valence-electron chi connectivity index (χ4n) is 2.90. The molecule has 2 unspecified atom stereocenters. The molecule has 1 heterocycles. The molecule has 4 nitrogen and oxygen atoms in total. The number of nitrogens with zero attached hydrogens (tertiary/aromatic N) is 2. The van der Waals surface area contributed by atoms with Gasteiger partial charge in [0.15, 0.2) is 0 Å². The van der Waals surface area contributed by atoms with Crippen molar-refractivity contribution in [3.63, 3.8) is 0 Å². The zero-order valence-corrected chi connectivity index (χ0v) is 16.2. The Labute approximate surface area is 160 Å². The lowest BCUT2D eigenvalue weighted by Gasteiger charge is -2.38. The molecule has 0 aromatic heterocycles. The molecule has 1 saturated heterocycles. The van der Waals surface area contributed by atoms with E-state index in [1.54, 1.807) is 0 Å². The average Bonchev–Trinajstić information content (AvgIpc) is 2.52. The fraction of sp³-hybridized carbons (Fsp3) is 0.588. The van der Waals surface area contributed by atoms with Crippen molar-refractivity contribution in [2.75, 3.05) is 26.2 Å². The predicted octanol–water partition coefficient (Wildman–Crippen LogP) is 3.14. The fourth-order valence-corrected chi connectivity index (χ4v) is 2.90. The van der Waals surface area contributed by atoms with Crippen LogP contribution in [0.2, 0.25) is 0 Å². The molecule has 144 valence electrons. The summed E-state index contributed by atoms with van der Waals surface area (Å²) in [6.45, 7) is 6.42. The molecule has 1 fully saturated rings. The minimum absolute atomic E-state index is 0. The number of piperazine rings is 1. The normalized spacial score (nSPS) is 17.2. The summed E-state index contributed by atoms with van der Waals surface area (Å²) in [5.41, 5.74) is 6.17. The van der Waals surface area contributed by atoms with Crippen LogP contribution in [0.4, 0.5) is 8.78 Å². The summed E-state index contributed by atoms with van der Waals surface area (Å²) < 4.78 is 26.9. The van der Waals surface area contributed by atoms with E-state index in [2.05, 4.69) is 4.90 Å². The Balaban J connectivity index is 0.00000288. The number of rotatable bonds is 5. The first kappa shape index (κ1) is 24.1. The molecule has 0 aliphatic carbocycles. The van der Waals surface area contributed by atoms with E-state index in [1.807, 2.05) is 18.7 Å². The number of nitrogens with two attached hydrogens (primary N) is 1. The molecule has 8 heteroatoms. The first-order valence-electron chi connectivity index (χ1n) is 8.11. The number of hydrogen-bond donors (Lipinski definition) is 1. The molecule has 1 amide bonds. The highest BCUT2D eigenvalue weighted by Crippen LogP contribution is 2.24. The van der Waals surface area contributed by atoms with Crippen molar-refractivity contribution in [2.45, 2.75) is 38.8 Å². The quantitative estimate of drug-likeness (QED) is 0.829. The first-order valence-corrected chi connectivity index (χ1v) is 8.11. The molecule has 0 bridgehead atoms. The number of halogens is 4. The maximum atomic E-state index is 13.9. The third kappa shape index (κ3) is 6.70. The van der Waals surface area contributed by atoms with E-state index in [1.165, 1.54) is 12.1 Å². The van der Waals surface area contributed by atoms with Gasteiger partial charge in [0.25, 0.3) is 0 Å². The maximum absolute atomic E-state index is 13.9. The second kappa shape index (κ2) is 10.9. The Bertz CT molecular complexity index is 553. The summed E-state index contributed by atoms with van der Waals surface area (Å²) in [7, 11) is 0. The van der Waals surface area contributed by atoms with Crippen LogP contribution in [0.15, 0.2) is 18.2 Å². The van der Waals surface area contributed by atoms with E-state index in [9.17, 15) is 13.6 Å². The molecular formula is C17H27Cl2F2N3O. The van der Waals surface area contributed by atoms with E-state index in [4.69, 9.17) is 5.73 Å². The van der Waals surface area contributed by atoms with Gasteiger partial charge in [-0.25, -0.2) is 8.78 Å². The monoisotopic (exact) mass is 397 g/mol. The number of carbonyl (C=O) groups excluding carboxylic acids is 1. The lowest BCUT2D eigenvalue weighted by atomic mass is 10.0. The summed E-state index contributed by atoms with van der Waals surface area (Å²) in [6.07, 6.45) is 1.16. The molecule has 25 heavy (non-hydrogen) atoms. The molecular weight excluding hydrogens is 371 g/mol. The van der Waals surface area contributed by atoms with Gasteiger partial charge < -0.3 is 10.6 Å². The van der Waals surface area contributed by atoms with E-state index in [0.717, 1.165) is 6.07 Å². The molecule has 1 aromatic rings. The van der Waals surface area contributed by atoms with Crippen LogP contribution in [0.3, 0.4) is 0 Å². The highest BCUT2D eigenvalue weighted by molar-refractivity contribution is 5.85. The molecule has 1 aliphatic heterocycles. The Morgan fingerprint density at radius 3 is 2.28 bits per heavy atom. The van der Waals surface area contributed by atoms with Gasteiger partial charge >= 0.3 is 0 Å². The van der Waals surface area contributed by atoms with E-state index < -0.39 is 11.6 Å². The molecule has 2 rings (SSSR count). The highest BCUT2D eigenvalue weighted by atomic mass is 35.5. The molecule has 0 saturated carbocycles. The van der Waals surface area contributed by atoms with Crippen molar-refractivity contribution in [2.24, 2.45) is 5.73 Å². The van der Waals surface area contributed by atoms with Crippen molar-refractivity contribution in [1.29, 1.82) is 0 Å². The maximum Gasteiger partial charge on any atom is 0.222 e. The Hall–Kier alpha value is -0.950. The van der Waals surface area contributed by atoms with Crippen molar-refractivity contribution in [3.05, 3.63) is 35.4 Å². The van der Waals surface area contributed by atoms with Gasteiger partial charge in [0.05, 0.1) is 0 Å². The summed E-state index contributed by atoms with van der Waals surface area (Å²) in [4.78, 5) is 16.0. The summed E-state index contributed by atoms with van der Waals surface area (Å²) in [5.74, 6) is -0.960. The van der Waals surface area contributed by atoms with Crippen LogP contribution in [0.25, 0.3) is 0 Å². The number of benzene rings is 1.